The topological polar surface area (TPSA) is 9.23 Å². The van der Waals surface area contributed by atoms with Crippen LogP contribution in [0.15, 0.2) is 0 Å². The number of hydrogen-bond donors (Lipinski definition) is 0. The highest BCUT2D eigenvalue weighted by molar-refractivity contribution is 5.01. The molecule has 2 rings (SSSR count). The van der Waals surface area contributed by atoms with Crippen LogP contribution in [0.25, 0.3) is 0 Å². The van der Waals surface area contributed by atoms with Gasteiger partial charge in [0, 0.05) is 5.92 Å². The van der Waals surface area contributed by atoms with Gasteiger partial charge < -0.3 is 4.74 Å². The molecule has 23 heavy (non-hydrogen) atoms. The Morgan fingerprint density at radius 3 is 2.30 bits per heavy atom. The third-order valence-corrected chi connectivity index (χ3v) is 6.98. The average molecular weight is 323 g/mol. The molecule has 1 aliphatic heterocycles. The van der Waals surface area contributed by atoms with Crippen molar-refractivity contribution in [3.63, 3.8) is 0 Å². The van der Waals surface area contributed by atoms with Crippen molar-refractivity contribution >= 4 is 0 Å². The maximum absolute atomic E-state index is 6.39. The highest BCUT2D eigenvalue weighted by atomic mass is 16.5. The predicted molar refractivity (Wildman–Crippen MR) is 101 cm³/mol. The van der Waals surface area contributed by atoms with Crippen LogP contribution in [0.3, 0.4) is 0 Å². The van der Waals surface area contributed by atoms with Crippen molar-refractivity contribution in [3.05, 3.63) is 0 Å². The SMILES string of the molecule is CCCCCCCC[C@H]1CCC(CC)(C2OC(CCC)C2C)C1. The van der Waals surface area contributed by atoms with Crippen molar-refractivity contribution in [2.45, 2.75) is 123 Å². The van der Waals surface area contributed by atoms with E-state index < -0.39 is 0 Å². The van der Waals surface area contributed by atoms with Gasteiger partial charge >= 0.3 is 0 Å². The molecule has 0 aromatic rings. The summed E-state index contributed by atoms with van der Waals surface area (Å²) in [5.74, 6) is 1.78. The Labute approximate surface area is 146 Å². The van der Waals surface area contributed by atoms with Crippen LogP contribution >= 0.6 is 0 Å². The zero-order valence-electron chi connectivity index (χ0n) is 16.4. The second-order valence-electron chi connectivity index (χ2n) is 8.62. The lowest BCUT2D eigenvalue weighted by Crippen LogP contribution is -2.55. The zero-order chi connectivity index (χ0) is 16.7. The molecule has 5 atom stereocenters. The lowest BCUT2D eigenvalue weighted by atomic mass is 9.68. The Balaban J connectivity index is 1.71. The molecule has 0 spiro atoms. The van der Waals surface area contributed by atoms with Crippen LogP contribution in [0.5, 0.6) is 0 Å². The maximum Gasteiger partial charge on any atom is 0.0685 e. The number of rotatable bonds is 11. The van der Waals surface area contributed by atoms with Gasteiger partial charge in [-0.2, -0.15) is 0 Å². The molecule has 0 aromatic heterocycles. The van der Waals surface area contributed by atoms with Gasteiger partial charge in [-0.05, 0) is 43.4 Å². The molecule has 0 aromatic carbocycles. The molecule has 1 saturated heterocycles. The highest BCUT2D eigenvalue weighted by Gasteiger charge is 2.53. The van der Waals surface area contributed by atoms with Crippen LogP contribution in [-0.2, 0) is 4.74 Å². The van der Waals surface area contributed by atoms with Gasteiger partial charge in [0.1, 0.15) is 0 Å². The zero-order valence-corrected chi connectivity index (χ0v) is 16.4. The van der Waals surface area contributed by atoms with Crippen LogP contribution in [0.1, 0.15) is 111 Å². The fraction of sp³-hybridized carbons (Fsp3) is 1.00. The standard InChI is InChI=1S/C22H42O/c1-5-8-9-10-11-12-14-19-15-16-22(7-3,17-19)21-18(4)20(23-21)13-6-2/h18-21H,5-17H2,1-4H3/t18?,19-,20?,21?,22?/m0/s1. The molecule has 1 saturated carbocycles. The Morgan fingerprint density at radius 1 is 0.913 bits per heavy atom. The Bertz CT molecular complexity index is 326. The van der Waals surface area contributed by atoms with Crippen molar-refractivity contribution in [2.75, 3.05) is 0 Å². The molecule has 1 aliphatic carbocycles. The van der Waals surface area contributed by atoms with Gasteiger partial charge in [-0.25, -0.2) is 0 Å². The summed E-state index contributed by atoms with van der Waals surface area (Å²) in [5.41, 5.74) is 0.524. The van der Waals surface area contributed by atoms with Crippen LogP contribution in [-0.4, -0.2) is 12.2 Å². The Hall–Kier alpha value is -0.0400. The fourth-order valence-electron chi connectivity index (χ4n) is 5.37. The molecule has 0 N–H and O–H groups in total. The summed E-state index contributed by atoms with van der Waals surface area (Å²) in [6.45, 7) is 9.45. The molecule has 1 nitrogen and oxygen atoms in total. The largest absolute Gasteiger partial charge is 0.374 e. The van der Waals surface area contributed by atoms with Gasteiger partial charge in [-0.1, -0.05) is 79.1 Å². The number of hydrogen-bond acceptors (Lipinski definition) is 1. The highest BCUT2D eigenvalue weighted by Crippen LogP contribution is 2.55. The van der Waals surface area contributed by atoms with E-state index in [1.165, 1.54) is 83.5 Å². The van der Waals surface area contributed by atoms with E-state index in [0.717, 1.165) is 11.8 Å². The first-order valence-electron chi connectivity index (χ1n) is 10.8. The minimum atomic E-state index is 0.524. The molecule has 1 heterocycles. The lowest BCUT2D eigenvalue weighted by Gasteiger charge is -2.52. The van der Waals surface area contributed by atoms with E-state index in [4.69, 9.17) is 4.74 Å². The summed E-state index contributed by atoms with van der Waals surface area (Å²) in [4.78, 5) is 0. The normalized spacial score (nSPS) is 37.0. The molecule has 0 radical (unpaired) electrons. The molecule has 1 heteroatoms. The van der Waals surface area contributed by atoms with Gasteiger partial charge in [0.15, 0.2) is 0 Å². The molecule has 2 aliphatic rings. The van der Waals surface area contributed by atoms with Gasteiger partial charge in [-0.3, -0.25) is 0 Å². The molecular weight excluding hydrogens is 280 g/mol. The van der Waals surface area contributed by atoms with Crippen molar-refractivity contribution in [1.82, 2.24) is 0 Å². The first-order chi connectivity index (χ1) is 11.2. The summed E-state index contributed by atoms with van der Waals surface area (Å²) < 4.78 is 6.39. The summed E-state index contributed by atoms with van der Waals surface area (Å²) in [6, 6.07) is 0. The van der Waals surface area contributed by atoms with E-state index >= 15 is 0 Å². The predicted octanol–water partition coefficient (Wildman–Crippen LogP) is 7.14. The second kappa shape index (κ2) is 9.44. The van der Waals surface area contributed by atoms with E-state index in [9.17, 15) is 0 Å². The van der Waals surface area contributed by atoms with E-state index in [-0.39, 0.29) is 0 Å². The van der Waals surface area contributed by atoms with Crippen LogP contribution in [0, 0.1) is 17.3 Å². The van der Waals surface area contributed by atoms with Gasteiger partial charge in [0.05, 0.1) is 12.2 Å². The van der Waals surface area contributed by atoms with E-state index in [1.54, 1.807) is 0 Å². The summed E-state index contributed by atoms with van der Waals surface area (Å²) in [6.07, 6.45) is 19.4. The van der Waals surface area contributed by atoms with Crippen molar-refractivity contribution < 1.29 is 4.74 Å². The lowest BCUT2D eigenvalue weighted by molar-refractivity contribution is -0.231. The number of unbranched alkanes of at least 4 members (excludes halogenated alkanes) is 5. The van der Waals surface area contributed by atoms with Crippen molar-refractivity contribution in [3.8, 4) is 0 Å². The van der Waals surface area contributed by atoms with E-state index in [0.29, 0.717) is 17.6 Å². The molecular formula is C22H42O. The first-order valence-corrected chi connectivity index (χ1v) is 10.8. The minimum Gasteiger partial charge on any atom is -0.374 e. The summed E-state index contributed by atoms with van der Waals surface area (Å²) in [7, 11) is 0. The molecule has 2 fully saturated rings. The average Bonchev–Trinajstić information content (AvgIpc) is 2.98. The van der Waals surface area contributed by atoms with Crippen LogP contribution in [0.4, 0.5) is 0 Å². The monoisotopic (exact) mass is 322 g/mol. The second-order valence-corrected chi connectivity index (χ2v) is 8.62. The summed E-state index contributed by atoms with van der Waals surface area (Å²) >= 11 is 0. The van der Waals surface area contributed by atoms with Gasteiger partial charge in [0.2, 0.25) is 0 Å². The maximum atomic E-state index is 6.39. The smallest absolute Gasteiger partial charge is 0.0685 e. The quantitative estimate of drug-likeness (QED) is 0.367. The van der Waals surface area contributed by atoms with Crippen molar-refractivity contribution in [1.29, 1.82) is 0 Å². The minimum absolute atomic E-state index is 0.524. The Morgan fingerprint density at radius 2 is 1.65 bits per heavy atom. The van der Waals surface area contributed by atoms with Gasteiger partial charge in [-0.15, -0.1) is 0 Å². The third-order valence-electron chi connectivity index (χ3n) is 6.98. The first kappa shape index (κ1) is 19.3. The van der Waals surface area contributed by atoms with Gasteiger partial charge in [0.25, 0.3) is 0 Å². The molecule has 4 unspecified atom stereocenters. The number of ether oxygens (including phenoxy) is 1. The van der Waals surface area contributed by atoms with E-state index in [2.05, 4.69) is 27.7 Å². The van der Waals surface area contributed by atoms with E-state index in [1.807, 2.05) is 0 Å². The Kier molecular flexibility index (Phi) is 7.92. The van der Waals surface area contributed by atoms with Crippen LogP contribution < -0.4 is 0 Å². The summed E-state index contributed by atoms with van der Waals surface area (Å²) in [5, 5.41) is 0. The van der Waals surface area contributed by atoms with Crippen LogP contribution in [0.2, 0.25) is 0 Å². The third kappa shape index (κ3) is 4.74. The fourth-order valence-corrected chi connectivity index (χ4v) is 5.37. The molecule has 0 bridgehead atoms. The molecule has 0 amide bonds. The van der Waals surface area contributed by atoms with Crippen molar-refractivity contribution in [2.24, 2.45) is 17.3 Å². The molecule has 136 valence electrons.